The van der Waals surface area contributed by atoms with Crippen LogP contribution in [-0.4, -0.2) is 60.8 Å². The first-order chi connectivity index (χ1) is 15.3. The molecule has 1 amide bonds. The highest BCUT2D eigenvalue weighted by molar-refractivity contribution is 7.89. The van der Waals surface area contributed by atoms with E-state index in [4.69, 9.17) is 4.74 Å². The highest BCUT2D eigenvalue weighted by Crippen LogP contribution is 2.29. The fourth-order valence-corrected chi connectivity index (χ4v) is 6.41. The summed E-state index contributed by atoms with van der Waals surface area (Å²) in [4.78, 5) is 12.8. The third-order valence-corrected chi connectivity index (χ3v) is 8.61. The number of nitrogens with zero attached hydrogens (tertiary/aromatic N) is 3. The van der Waals surface area contributed by atoms with Crippen LogP contribution in [-0.2, 0) is 19.6 Å². The molecule has 9 heteroatoms. The van der Waals surface area contributed by atoms with Crippen molar-refractivity contribution in [1.82, 2.24) is 19.4 Å². The van der Waals surface area contributed by atoms with Gasteiger partial charge in [0.2, 0.25) is 15.9 Å². The second-order valence-corrected chi connectivity index (χ2v) is 10.7. The minimum Gasteiger partial charge on any atom is -0.376 e. The van der Waals surface area contributed by atoms with Crippen LogP contribution in [0.3, 0.4) is 0 Å². The van der Waals surface area contributed by atoms with E-state index in [1.165, 1.54) is 4.31 Å². The van der Waals surface area contributed by atoms with Crippen LogP contribution in [0.15, 0.2) is 29.2 Å². The molecule has 0 bridgehead atoms. The Labute approximate surface area is 190 Å². The van der Waals surface area contributed by atoms with Crippen LogP contribution in [0, 0.1) is 26.7 Å². The predicted molar refractivity (Wildman–Crippen MR) is 121 cm³/mol. The summed E-state index contributed by atoms with van der Waals surface area (Å²) < 4.78 is 35.7. The Morgan fingerprint density at radius 3 is 2.44 bits per heavy atom. The molecule has 0 saturated carbocycles. The van der Waals surface area contributed by atoms with Gasteiger partial charge in [-0.15, -0.1) is 0 Å². The molecule has 8 nitrogen and oxygen atoms in total. The summed E-state index contributed by atoms with van der Waals surface area (Å²) in [7, 11) is -3.69. The Kier molecular flexibility index (Phi) is 6.69. The van der Waals surface area contributed by atoms with Crippen LogP contribution in [0.5, 0.6) is 0 Å². The zero-order valence-corrected chi connectivity index (χ0v) is 19.8. The van der Waals surface area contributed by atoms with Crippen LogP contribution < -0.4 is 5.32 Å². The lowest BCUT2D eigenvalue weighted by Gasteiger charge is -2.30. The van der Waals surface area contributed by atoms with Gasteiger partial charge in [0.1, 0.15) is 4.90 Å². The molecule has 1 atom stereocenters. The van der Waals surface area contributed by atoms with Crippen molar-refractivity contribution in [3.05, 3.63) is 41.2 Å². The molecule has 1 N–H and O–H groups in total. The number of nitrogens with one attached hydrogen (secondary N) is 1. The number of benzene rings is 1. The van der Waals surface area contributed by atoms with E-state index in [0.717, 1.165) is 30.7 Å². The standard InChI is InChI=1S/C23H32N4O4S/c1-16-6-8-20(9-7-16)27-18(3)22(17(2)25-27)32(29,30)26-12-10-19(11-13-26)23(28)24-15-21-5-4-14-31-21/h6-9,19,21H,4-5,10-15H2,1-3H3,(H,24,28)/t21-/m1/s1. The zero-order valence-electron chi connectivity index (χ0n) is 19.0. The van der Waals surface area contributed by atoms with Crippen molar-refractivity contribution >= 4 is 15.9 Å². The quantitative estimate of drug-likeness (QED) is 0.715. The number of carbonyl (C=O) groups excluding carboxylic acids is 1. The summed E-state index contributed by atoms with van der Waals surface area (Å²) in [6.45, 7) is 7.48. The van der Waals surface area contributed by atoms with Crippen LogP contribution in [0.1, 0.15) is 42.6 Å². The van der Waals surface area contributed by atoms with E-state index in [2.05, 4.69) is 10.4 Å². The van der Waals surface area contributed by atoms with Crippen molar-refractivity contribution in [3.8, 4) is 5.69 Å². The van der Waals surface area contributed by atoms with Gasteiger partial charge in [-0.2, -0.15) is 9.40 Å². The van der Waals surface area contributed by atoms with E-state index in [9.17, 15) is 13.2 Å². The number of hydrogen-bond acceptors (Lipinski definition) is 5. The predicted octanol–water partition coefficient (Wildman–Crippen LogP) is 2.49. The highest BCUT2D eigenvalue weighted by atomic mass is 32.2. The molecule has 32 heavy (non-hydrogen) atoms. The lowest BCUT2D eigenvalue weighted by molar-refractivity contribution is -0.126. The Bertz CT molecular complexity index is 1060. The maximum absolute atomic E-state index is 13.5. The first kappa shape index (κ1) is 22.9. The number of aromatic nitrogens is 2. The summed E-state index contributed by atoms with van der Waals surface area (Å²) >= 11 is 0. The van der Waals surface area contributed by atoms with Crippen molar-refractivity contribution in [1.29, 1.82) is 0 Å². The largest absolute Gasteiger partial charge is 0.376 e. The zero-order chi connectivity index (χ0) is 22.9. The lowest BCUT2D eigenvalue weighted by Crippen LogP contribution is -2.44. The van der Waals surface area contributed by atoms with E-state index in [-0.39, 0.29) is 22.8 Å². The van der Waals surface area contributed by atoms with E-state index in [0.29, 0.717) is 43.9 Å². The summed E-state index contributed by atoms with van der Waals surface area (Å²) in [5.74, 6) is -0.169. The third-order valence-electron chi connectivity index (χ3n) is 6.45. The second kappa shape index (κ2) is 9.33. The monoisotopic (exact) mass is 460 g/mol. The van der Waals surface area contributed by atoms with Crippen molar-refractivity contribution < 1.29 is 17.9 Å². The number of amides is 1. The number of sulfonamides is 1. The average Bonchev–Trinajstić information content (AvgIpc) is 3.40. The first-order valence-corrected chi connectivity index (χ1v) is 12.7. The average molecular weight is 461 g/mol. The number of ether oxygens (including phenoxy) is 1. The third kappa shape index (κ3) is 4.60. The van der Waals surface area contributed by atoms with E-state index >= 15 is 0 Å². The van der Waals surface area contributed by atoms with Crippen molar-refractivity contribution in [2.45, 2.75) is 57.5 Å². The molecular weight excluding hydrogens is 428 g/mol. The van der Waals surface area contributed by atoms with Crippen molar-refractivity contribution in [2.24, 2.45) is 5.92 Å². The maximum atomic E-state index is 13.5. The highest BCUT2D eigenvalue weighted by Gasteiger charge is 2.35. The number of hydrogen-bond donors (Lipinski definition) is 1. The Morgan fingerprint density at radius 1 is 1.12 bits per heavy atom. The fraction of sp³-hybridized carbons (Fsp3) is 0.565. The fourth-order valence-electron chi connectivity index (χ4n) is 4.59. The lowest BCUT2D eigenvalue weighted by atomic mass is 9.97. The van der Waals surface area contributed by atoms with Gasteiger partial charge >= 0.3 is 0 Å². The van der Waals surface area contributed by atoms with E-state index in [1.54, 1.807) is 18.5 Å². The molecule has 0 unspecified atom stereocenters. The van der Waals surface area contributed by atoms with Gasteiger partial charge in [-0.05, 0) is 58.6 Å². The molecule has 2 aromatic rings. The normalized spacial score (nSPS) is 20.5. The molecule has 3 heterocycles. The number of rotatable bonds is 6. The molecule has 2 aliphatic heterocycles. The van der Waals surface area contributed by atoms with Crippen molar-refractivity contribution in [3.63, 3.8) is 0 Å². The Morgan fingerprint density at radius 2 is 1.81 bits per heavy atom. The second-order valence-electron chi connectivity index (χ2n) is 8.81. The van der Waals surface area contributed by atoms with E-state index in [1.807, 2.05) is 31.2 Å². The van der Waals surface area contributed by atoms with Gasteiger partial charge in [-0.1, -0.05) is 17.7 Å². The smallest absolute Gasteiger partial charge is 0.246 e. The number of piperidine rings is 1. The molecule has 2 fully saturated rings. The molecule has 174 valence electrons. The van der Waals surface area contributed by atoms with Gasteiger partial charge in [0, 0.05) is 32.2 Å². The van der Waals surface area contributed by atoms with Crippen LogP contribution in [0.2, 0.25) is 0 Å². The molecule has 0 spiro atoms. The first-order valence-electron chi connectivity index (χ1n) is 11.3. The van der Waals surface area contributed by atoms with Gasteiger partial charge < -0.3 is 10.1 Å². The van der Waals surface area contributed by atoms with Gasteiger partial charge in [-0.3, -0.25) is 4.79 Å². The summed E-state index contributed by atoms with van der Waals surface area (Å²) in [5, 5.41) is 7.49. The molecule has 0 aliphatic carbocycles. The minimum absolute atomic E-state index is 0.00269. The number of carbonyl (C=O) groups is 1. The molecule has 2 aliphatic rings. The van der Waals surface area contributed by atoms with Gasteiger partial charge in [0.15, 0.2) is 0 Å². The molecule has 2 saturated heterocycles. The van der Waals surface area contributed by atoms with Crippen LogP contribution in [0.4, 0.5) is 0 Å². The van der Waals surface area contributed by atoms with Crippen LogP contribution >= 0.6 is 0 Å². The summed E-state index contributed by atoms with van der Waals surface area (Å²) in [6.07, 6.45) is 3.15. The summed E-state index contributed by atoms with van der Waals surface area (Å²) in [6, 6.07) is 7.83. The topological polar surface area (TPSA) is 93.5 Å². The number of aryl methyl sites for hydroxylation is 2. The minimum atomic E-state index is -3.69. The van der Waals surface area contributed by atoms with Crippen molar-refractivity contribution in [2.75, 3.05) is 26.2 Å². The Hall–Kier alpha value is -2.23. The summed E-state index contributed by atoms with van der Waals surface area (Å²) in [5.41, 5.74) is 3.05. The SMILES string of the molecule is Cc1ccc(-n2nc(C)c(S(=O)(=O)N3CCC(C(=O)NC[C@H]4CCCO4)CC3)c2C)cc1. The van der Waals surface area contributed by atoms with E-state index < -0.39 is 10.0 Å². The Balaban J connectivity index is 1.43. The molecule has 1 aromatic carbocycles. The molecule has 0 radical (unpaired) electrons. The molecule has 4 rings (SSSR count). The molecule has 1 aromatic heterocycles. The van der Waals surface area contributed by atoms with Gasteiger partial charge in [-0.25, -0.2) is 13.1 Å². The molecular formula is C23H32N4O4S. The maximum Gasteiger partial charge on any atom is 0.246 e. The van der Waals surface area contributed by atoms with Gasteiger partial charge in [0.05, 0.1) is 23.2 Å². The van der Waals surface area contributed by atoms with Crippen LogP contribution in [0.25, 0.3) is 5.69 Å². The van der Waals surface area contributed by atoms with Gasteiger partial charge in [0.25, 0.3) is 0 Å².